The van der Waals surface area contributed by atoms with Crippen LogP contribution in [0, 0.1) is 34.5 Å². The van der Waals surface area contributed by atoms with E-state index in [0.717, 1.165) is 44.2 Å². The zero-order valence-electron chi connectivity index (χ0n) is 17.7. The van der Waals surface area contributed by atoms with Crippen LogP contribution in [0.4, 0.5) is 4.79 Å². The highest BCUT2D eigenvalue weighted by molar-refractivity contribution is 5.90. The maximum atomic E-state index is 12.6. The van der Waals surface area contributed by atoms with Crippen LogP contribution in [0.2, 0.25) is 0 Å². The van der Waals surface area contributed by atoms with Crippen molar-refractivity contribution < 1.29 is 19.5 Å². The molecule has 0 aliphatic heterocycles. The second-order valence-corrected chi connectivity index (χ2v) is 10.2. The van der Waals surface area contributed by atoms with Crippen molar-refractivity contribution >= 4 is 17.6 Å². The summed E-state index contributed by atoms with van der Waals surface area (Å²) in [6.45, 7) is 5.29. The number of ketones is 1. The Morgan fingerprint density at radius 2 is 2.07 bits per heavy atom. The van der Waals surface area contributed by atoms with Gasteiger partial charge in [0.25, 0.3) is 0 Å². The maximum absolute atomic E-state index is 12.6. The van der Waals surface area contributed by atoms with Gasteiger partial charge in [-0.2, -0.15) is 0 Å². The lowest BCUT2D eigenvalue weighted by molar-refractivity contribution is -0.134. The molecule has 0 saturated heterocycles. The van der Waals surface area contributed by atoms with Crippen molar-refractivity contribution in [2.24, 2.45) is 45.4 Å². The third-order valence-corrected chi connectivity index (χ3v) is 8.96. The van der Waals surface area contributed by atoms with Gasteiger partial charge in [0.2, 0.25) is 0 Å². The smallest absolute Gasteiger partial charge is 0.407 e. The van der Waals surface area contributed by atoms with Crippen molar-refractivity contribution in [2.75, 3.05) is 13.1 Å². The number of Topliss-reactive ketones (excluding diaryl/α,β-unsaturated/α-hetero) is 1. The molecule has 7 atom stereocenters. The Kier molecular flexibility index (Phi) is 5.38. The molecule has 4 saturated carbocycles. The van der Waals surface area contributed by atoms with E-state index in [1.165, 1.54) is 0 Å². The first-order valence-electron chi connectivity index (χ1n) is 11.2. The van der Waals surface area contributed by atoms with Gasteiger partial charge in [0.05, 0.1) is 5.71 Å². The van der Waals surface area contributed by atoms with E-state index in [1.54, 1.807) is 0 Å². The number of hydrogen-bond acceptors (Lipinski definition) is 6. The van der Waals surface area contributed by atoms with Crippen LogP contribution >= 0.6 is 0 Å². The minimum atomic E-state index is -0.418. The second-order valence-electron chi connectivity index (χ2n) is 10.2. The molecule has 0 spiro atoms. The van der Waals surface area contributed by atoms with Crippen LogP contribution in [-0.2, 0) is 9.53 Å². The van der Waals surface area contributed by atoms with E-state index in [4.69, 9.17) is 10.5 Å². The first kappa shape index (κ1) is 20.6. The fourth-order valence-corrected chi connectivity index (χ4v) is 7.39. The minimum Gasteiger partial charge on any atom is -0.446 e. The van der Waals surface area contributed by atoms with Crippen molar-refractivity contribution in [3.8, 4) is 0 Å². The van der Waals surface area contributed by atoms with Crippen LogP contribution in [0.3, 0.4) is 0 Å². The number of oxime groups is 1. The summed E-state index contributed by atoms with van der Waals surface area (Å²) in [5, 5.41) is 16.3. The first-order chi connectivity index (χ1) is 13.8. The first-order valence-corrected chi connectivity index (χ1v) is 11.2. The Labute approximate surface area is 172 Å². The molecule has 7 nitrogen and oxygen atoms in total. The number of ether oxygens (including phenoxy) is 1. The summed E-state index contributed by atoms with van der Waals surface area (Å²) >= 11 is 0. The second kappa shape index (κ2) is 7.56. The third kappa shape index (κ3) is 3.25. The number of alkyl carbamates (subject to hydrolysis) is 1. The van der Waals surface area contributed by atoms with Gasteiger partial charge in [-0.3, -0.25) is 4.79 Å². The summed E-state index contributed by atoms with van der Waals surface area (Å²) in [6.07, 6.45) is 6.38. The summed E-state index contributed by atoms with van der Waals surface area (Å²) in [5.41, 5.74) is 6.12. The van der Waals surface area contributed by atoms with Gasteiger partial charge in [-0.05, 0) is 68.1 Å². The Hall–Kier alpha value is -1.63. The normalized spacial score (nSPS) is 45.3. The van der Waals surface area contributed by atoms with E-state index in [0.29, 0.717) is 49.5 Å². The average molecular weight is 406 g/mol. The molecule has 0 aromatic heterocycles. The fraction of sp³-hybridized carbons (Fsp3) is 0.864. The molecule has 0 aromatic rings. The van der Waals surface area contributed by atoms with E-state index in [2.05, 4.69) is 24.3 Å². The summed E-state index contributed by atoms with van der Waals surface area (Å²) in [7, 11) is 0. The third-order valence-electron chi connectivity index (χ3n) is 8.96. The molecule has 4 aliphatic carbocycles. The van der Waals surface area contributed by atoms with Crippen molar-refractivity contribution in [3.05, 3.63) is 0 Å². The lowest BCUT2D eigenvalue weighted by atomic mass is 9.44. The molecule has 4 aliphatic rings. The van der Waals surface area contributed by atoms with Gasteiger partial charge in [-0.1, -0.05) is 19.0 Å². The molecule has 4 rings (SSSR count). The SMILES string of the molecule is C[C@]12CCC(OC(=O)NCCN)CC1/C(=N\O)C[C@@H]1[C@H]2CC[C@]2(C)C(=O)CC[C@@H]12. The highest BCUT2D eigenvalue weighted by atomic mass is 16.6. The molecule has 2 unspecified atom stereocenters. The molecule has 0 aromatic carbocycles. The molecule has 1 amide bonds. The highest BCUT2D eigenvalue weighted by Gasteiger charge is 2.62. The lowest BCUT2D eigenvalue weighted by Gasteiger charge is -2.60. The van der Waals surface area contributed by atoms with Gasteiger partial charge in [0.1, 0.15) is 11.9 Å². The quantitative estimate of drug-likeness (QED) is 0.493. The maximum Gasteiger partial charge on any atom is 0.407 e. The molecular weight excluding hydrogens is 370 g/mol. The molecule has 7 heteroatoms. The molecule has 162 valence electrons. The minimum absolute atomic E-state index is 0.0328. The van der Waals surface area contributed by atoms with Crippen molar-refractivity contribution in [2.45, 2.75) is 71.3 Å². The topological polar surface area (TPSA) is 114 Å². The van der Waals surface area contributed by atoms with E-state index >= 15 is 0 Å². The van der Waals surface area contributed by atoms with E-state index in [9.17, 15) is 14.8 Å². The van der Waals surface area contributed by atoms with Crippen molar-refractivity contribution in [1.29, 1.82) is 0 Å². The zero-order valence-corrected chi connectivity index (χ0v) is 17.7. The Morgan fingerprint density at radius 3 is 2.79 bits per heavy atom. The van der Waals surface area contributed by atoms with E-state index in [1.807, 2.05) is 0 Å². The molecule has 0 bridgehead atoms. The molecule has 4 fully saturated rings. The molecule has 29 heavy (non-hydrogen) atoms. The summed E-state index contributed by atoms with van der Waals surface area (Å²) in [6, 6.07) is 0. The molecule has 0 radical (unpaired) electrons. The molecular formula is C22H35N3O4. The summed E-state index contributed by atoms with van der Waals surface area (Å²) < 4.78 is 5.63. The van der Waals surface area contributed by atoms with Gasteiger partial charge in [0, 0.05) is 30.8 Å². The van der Waals surface area contributed by atoms with Gasteiger partial charge < -0.3 is 21.0 Å². The fourth-order valence-electron chi connectivity index (χ4n) is 7.39. The number of rotatable bonds is 3. The zero-order chi connectivity index (χ0) is 20.8. The van der Waals surface area contributed by atoms with Gasteiger partial charge in [-0.25, -0.2) is 4.79 Å². The Balaban J connectivity index is 1.53. The number of amides is 1. The van der Waals surface area contributed by atoms with Gasteiger partial charge in [-0.15, -0.1) is 0 Å². The Bertz CT molecular complexity index is 710. The number of carbonyl (C=O) groups is 2. The van der Waals surface area contributed by atoms with Gasteiger partial charge in [0.15, 0.2) is 0 Å². The number of carbonyl (C=O) groups excluding carboxylic acids is 2. The monoisotopic (exact) mass is 405 g/mol. The van der Waals surface area contributed by atoms with E-state index < -0.39 is 6.09 Å². The predicted octanol–water partition coefficient (Wildman–Crippen LogP) is 3.09. The standard InChI is InChI=1S/C22H35N3O4/c1-21-7-5-13(29-20(27)24-10-9-23)11-17(21)18(25-28)12-14-15-3-4-19(26)22(15,2)8-6-16(14)21/h13-17,28H,3-12,23H2,1-2H3,(H,24,27)/b25-18-/t13?,14-,15-,16+,17?,21+,22-/m0/s1. The van der Waals surface area contributed by atoms with Crippen molar-refractivity contribution in [1.82, 2.24) is 5.32 Å². The van der Waals surface area contributed by atoms with Crippen LogP contribution in [0.5, 0.6) is 0 Å². The number of nitrogens with two attached hydrogens (primary N) is 1. The van der Waals surface area contributed by atoms with Crippen LogP contribution in [-0.4, -0.2) is 42.0 Å². The van der Waals surface area contributed by atoms with Crippen LogP contribution < -0.4 is 11.1 Å². The number of nitrogens with zero attached hydrogens (tertiary/aromatic N) is 1. The Morgan fingerprint density at radius 1 is 1.28 bits per heavy atom. The van der Waals surface area contributed by atoms with Crippen LogP contribution in [0.25, 0.3) is 0 Å². The number of hydrogen-bond donors (Lipinski definition) is 3. The number of nitrogens with one attached hydrogen (secondary N) is 1. The summed E-state index contributed by atoms with van der Waals surface area (Å²) in [5.74, 6) is 1.90. The predicted molar refractivity (Wildman–Crippen MR) is 109 cm³/mol. The highest BCUT2D eigenvalue weighted by Crippen LogP contribution is 2.65. The lowest BCUT2D eigenvalue weighted by Crippen LogP contribution is -2.57. The largest absolute Gasteiger partial charge is 0.446 e. The summed E-state index contributed by atoms with van der Waals surface area (Å²) in [4.78, 5) is 24.6. The average Bonchev–Trinajstić information content (AvgIpc) is 3.01. The number of fused-ring (bicyclic) bond motifs is 5. The van der Waals surface area contributed by atoms with Crippen molar-refractivity contribution in [3.63, 3.8) is 0 Å². The molecule has 0 heterocycles. The van der Waals surface area contributed by atoms with Crippen LogP contribution in [0.15, 0.2) is 5.16 Å². The molecule has 4 N–H and O–H groups in total. The van der Waals surface area contributed by atoms with Gasteiger partial charge >= 0.3 is 6.09 Å². The van der Waals surface area contributed by atoms with Crippen LogP contribution in [0.1, 0.15) is 65.2 Å². The van der Waals surface area contributed by atoms with E-state index in [-0.39, 0.29) is 22.9 Å².